The van der Waals surface area contributed by atoms with E-state index in [4.69, 9.17) is 9.47 Å². The third-order valence-corrected chi connectivity index (χ3v) is 3.48. The van der Waals surface area contributed by atoms with E-state index in [2.05, 4.69) is 10.5 Å². The molecule has 8 heteroatoms. The van der Waals surface area contributed by atoms with E-state index in [-0.39, 0.29) is 18.0 Å². The molecule has 0 saturated heterocycles. The van der Waals surface area contributed by atoms with Gasteiger partial charge in [0.1, 0.15) is 0 Å². The van der Waals surface area contributed by atoms with E-state index >= 15 is 0 Å². The zero-order valence-corrected chi connectivity index (χ0v) is 12.7. The molecule has 8 nitrogen and oxygen atoms in total. The van der Waals surface area contributed by atoms with Gasteiger partial charge in [0.2, 0.25) is 6.79 Å². The molecule has 1 aliphatic rings. The van der Waals surface area contributed by atoms with Gasteiger partial charge in [0, 0.05) is 5.56 Å². The molecule has 0 unspecified atom stereocenters. The summed E-state index contributed by atoms with van der Waals surface area (Å²) in [7, 11) is 0. The average Bonchev–Trinajstić information content (AvgIpc) is 3.01. The Hall–Kier alpha value is -3.42. The Balaban J connectivity index is 1.81. The van der Waals surface area contributed by atoms with E-state index in [0.29, 0.717) is 17.1 Å². The Kier molecular flexibility index (Phi) is 4.11. The number of hydrogen-bond donors (Lipinski definition) is 1. The molecule has 1 amide bonds. The predicted octanol–water partition coefficient (Wildman–Crippen LogP) is 2.40. The molecule has 0 fully saturated rings. The normalized spacial score (nSPS) is 12.4. The molecule has 2 aromatic rings. The van der Waals surface area contributed by atoms with Gasteiger partial charge in [-0.25, -0.2) is 5.43 Å². The minimum absolute atomic E-state index is 0.0110. The highest BCUT2D eigenvalue weighted by molar-refractivity contribution is 5.96. The third-order valence-electron chi connectivity index (χ3n) is 3.48. The van der Waals surface area contributed by atoms with E-state index in [9.17, 15) is 14.9 Å². The zero-order valence-electron chi connectivity index (χ0n) is 12.7. The highest BCUT2D eigenvalue weighted by Crippen LogP contribution is 2.37. The molecule has 2 aromatic carbocycles. The van der Waals surface area contributed by atoms with Gasteiger partial charge in [-0.1, -0.05) is 18.2 Å². The number of nitrogens with one attached hydrogen (secondary N) is 1. The van der Waals surface area contributed by atoms with Gasteiger partial charge < -0.3 is 9.47 Å². The van der Waals surface area contributed by atoms with Gasteiger partial charge in [-0.3, -0.25) is 14.9 Å². The first-order chi connectivity index (χ1) is 11.6. The van der Waals surface area contributed by atoms with Crippen molar-refractivity contribution in [2.45, 2.75) is 6.92 Å². The van der Waals surface area contributed by atoms with Crippen LogP contribution in [0.5, 0.6) is 11.5 Å². The van der Waals surface area contributed by atoms with Gasteiger partial charge in [0.25, 0.3) is 11.6 Å². The van der Waals surface area contributed by atoms with Gasteiger partial charge in [0.05, 0.1) is 22.8 Å². The molecular weight excluding hydrogens is 314 g/mol. The SMILES string of the molecule is Cc1ccccc1C(=O)NN=Cc1cc2c(cc1[N+](=O)[O-])OCO2. The van der Waals surface area contributed by atoms with Gasteiger partial charge in [-0.05, 0) is 24.6 Å². The highest BCUT2D eigenvalue weighted by atomic mass is 16.7. The summed E-state index contributed by atoms with van der Waals surface area (Å²) in [6.07, 6.45) is 1.20. The minimum atomic E-state index is -0.549. The van der Waals surface area contributed by atoms with Crippen LogP contribution in [-0.4, -0.2) is 23.8 Å². The maximum Gasteiger partial charge on any atom is 0.282 e. The summed E-state index contributed by atoms with van der Waals surface area (Å²) in [5.41, 5.74) is 3.66. The van der Waals surface area contributed by atoms with Crippen LogP contribution >= 0.6 is 0 Å². The lowest BCUT2D eigenvalue weighted by atomic mass is 10.1. The molecule has 0 spiro atoms. The second-order valence-electron chi connectivity index (χ2n) is 5.04. The maximum absolute atomic E-state index is 12.1. The fourth-order valence-corrected chi connectivity index (χ4v) is 2.26. The summed E-state index contributed by atoms with van der Waals surface area (Å²) < 4.78 is 10.3. The van der Waals surface area contributed by atoms with Crippen molar-refractivity contribution >= 4 is 17.8 Å². The molecule has 0 atom stereocenters. The van der Waals surface area contributed by atoms with E-state index in [1.807, 2.05) is 6.07 Å². The van der Waals surface area contributed by atoms with Gasteiger partial charge >= 0.3 is 0 Å². The van der Waals surface area contributed by atoms with Crippen molar-refractivity contribution in [2.75, 3.05) is 6.79 Å². The number of hydrazone groups is 1. The smallest absolute Gasteiger partial charge is 0.282 e. The number of fused-ring (bicyclic) bond motifs is 1. The molecule has 0 aliphatic carbocycles. The lowest BCUT2D eigenvalue weighted by Crippen LogP contribution is -2.18. The second kappa shape index (κ2) is 6.37. The van der Waals surface area contributed by atoms with Crippen LogP contribution in [0.25, 0.3) is 0 Å². The number of ether oxygens (including phenoxy) is 2. The van der Waals surface area contributed by atoms with Crippen molar-refractivity contribution < 1.29 is 19.2 Å². The van der Waals surface area contributed by atoms with Crippen LogP contribution in [0.1, 0.15) is 21.5 Å². The van der Waals surface area contributed by atoms with E-state index in [1.54, 1.807) is 25.1 Å². The van der Waals surface area contributed by atoms with Gasteiger partial charge in [-0.2, -0.15) is 5.10 Å². The fraction of sp³-hybridized carbons (Fsp3) is 0.125. The van der Waals surface area contributed by atoms with Crippen molar-refractivity contribution in [1.82, 2.24) is 5.43 Å². The summed E-state index contributed by atoms with van der Waals surface area (Å²) in [5, 5.41) is 14.9. The first kappa shape index (κ1) is 15.5. The first-order valence-electron chi connectivity index (χ1n) is 7.03. The molecule has 0 bridgehead atoms. The topological polar surface area (TPSA) is 103 Å². The largest absolute Gasteiger partial charge is 0.454 e. The number of benzene rings is 2. The number of hydrogen-bond acceptors (Lipinski definition) is 6. The summed E-state index contributed by atoms with van der Waals surface area (Å²) in [5.74, 6) is 0.308. The van der Waals surface area contributed by atoms with Crippen LogP contribution in [0, 0.1) is 17.0 Å². The average molecular weight is 327 g/mol. The first-order valence-corrected chi connectivity index (χ1v) is 7.03. The number of carbonyl (C=O) groups is 1. The van der Waals surface area contributed by atoms with Crippen LogP contribution < -0.4 is 14.9 Å². The number of nitro groups is 1. The Morgan fingerprint density at radius 1 is 1.29 bits per heavy atom. The van der Waals surface area contributed by atoms with E-state index in [1.165, 1.54) is 18.3 Å². The van der Waals surface area contributed by atoms with Crippen LogP contribution in [0.3, 0.4) is 0 Å². The number of nitro benzene ring substituents is 1. The van der Waals surface area contributed by atoms with Crippen molar-refractivity contribution in [3.63, 3.8) is 0 Å². The van der Waals surface area contributed by atoms with Gasteiger partial charge in [-0.15, -0.1) is 0 Å². The summed E-state index contributed by atoms with van der Waals surface area (Å²) in [6.45, 7) is 1.82. The Morgan fingerprint density at radius 2 is 2.00 bits per heavy atom. The zero-order chi connectivity index (χ0) is 17.1. The van der Waals surface area contributed by atoms with Crippen molar-refractivity contribution in [3.05, 3.63) is 63.2 Å². The van der Waals surface area contributed by atoms with Crippen LogP contribution in [0.2, 0.25) is 0 Å². The molecule has 1 aliphatic heterocycles. The van der Waals surface area contributed by atoms with Crippen LogP contribution in [0.15, 0.2) is 41.5 Å². The third kappa shape index (κ3) is 3.02. The summed E-state index contributed by atoms with van der Waals surface area (Å²) in [6, 6.07) is 9.76. The number of carbonyl (C=O) groups excluding carboxylic acids is 1. The molecular formula is C16H13N3O5. The van der Waals surface area contributed by atoms with E-state index < -0.39 is 10.8 Å². The lowest BCUT2D eigenvalue weighted by Gasteiger charge is -2.03. The fourth-order valence-electron chi connectivity index (χ4n) is 2.26. The van der Waals surface area contributed by atoms with Crippen molar-refractivity contribution in [3.8, 4) is 11.5 Å². The lowest BCUT2D eigenvalue weighted by molar-refractivity contribution is -0.385. The molecule has 0 aromatic heterocycles. The van der Waals surface area contributed by atoms with Crippen LogP contribution in [-0.2, 0) is 0 Å². The molecule has 1 N–H and O–H groups in total. The van der Waals surface area contributed by atoms with Gasteiger partial charge in [0.15, 0.2) is 11.5 Å². The molecule has 0 saturated carbocycles. The second-order valence-corrected chi connectivity index (χ2v) is 5.04. The molecule has 24 heavy (non-hydrogen) atoms. The number of nitrogens with zero attached hydrogens (tertiary/aromatic N) is 2. The van der Waals surface area contributed by atoms with E-state index in [0.717, 1.165) is 5.56 Å². The van der Waals surface area contributed by atoms with Crippen LogP contribution in [0.4, 0.5) is 5.69 Å². The highest BCUT2D eigenvalue weighted by Gasteiger charge is 2.22. The Labute approximate surface area is 136 Å². The van der Waals surface area contributed by atoms with Crippen molar-refractivity contribution in [2.24, 2.45) is 5.10 Å². The monoisotopic (exact) mass is 327 g/mol. The molecule has 3 rings (SSSR count). The number of aryl methyl sites for hydroxylation is 1. The van der Waals surface area contributed by atoms with Crippen molar-refractivity contribution in [1.29, 1.82) is 0 Å². The standard InChI is InChI=1S/C16H13N3O5/c1-10-4-2-3-5-12(10)16(20)18-17-8-11-6-14-15(24-9-23-14)7-13(11)19(21)22/h2-8H,9H2,1H3,(H,18,20). The molecule has 1 heterocycles. The molecule has 0 radical (unpaired) electrons. The minimum Gasteiger partial charge on any atom is -0.454 e. The summed E-state index contributed by atoms with van der Waals surface area (Å²) >= 11 is 0. The Morgan fingerprint density at radius 3 is 2.71 bits per heavy atom. The Bertz CT molecular complexity index is 848. The number of amides is 1. The quantitative estimate of drug-likeness (QED) is 0.527. The predicted molar refractivity (Wildman–Crippen MR) is 85.5 cm³/mol. The summed E-state index contributed by atoms with van der Waals surface area (Å²) in [4.78, 5) is 22.7. The molecule has 122 valence electrons. The number of rotatable bonds is 4. The maximum atomic E-state index is 12.1.